The Labute approximate surface area is 132 Å². The SMILES string of the molecule is C=CCNC(=O)CSc1nnc(NC(=O)NC(C)(C)C)s1. The molecule has 0 saturated carbocycles. The third-order valence-electron chi connectivity index (χ3n) is 1.89. The third-order valence-corrected chi connectivity index (χ3v) is 3.86. The molecule has 9 heteroatoms. The number of thioether (sulfide) groups is 1. The minimum atomic E-state index is -0.334. The van der Waals surface area contributed by atoms with E-state index in [1.165, 1.54) is 23.1 Å². The summed E-state index contributed by atoms with van der Waals surface area (Å²) in [7, 11) is 0. The van der Waals surface area contributed by atoms with Crippen LogP contribution in [0, 0.1) is 0 Å². The van der Waals surface area contributed by atoms with E-state index in [0.717, 1.165) is 0 Å². The number of hydrogen-bond acceptors (Lipinski definition) is 6. The van der Waals surface area contributed by atoms with Gasteiger partial charge in [-0.3, -0.25) is 10.1 Å². The Balaban J connectivity index is 2.41. The molecule has 7 nitrogen and oxygen atoms in total. The lowest BCUT2D eigenvalue weighted by molar-refractivity contribution is -0.118. The number of carbonyl (C=O) groups is 2. The topological polar surface area (TPSA) is 96.0 Å². The van der Waals surface area contributed by atoms with Gasteiger partial charge < -0.3 is 10.6 Å². The highest BCUT2D eigenvalue weighted by Crippen LogP contribution is 2.25. The van der Waals surface area contributed by atoms with Crippen LogP contribution in [0.5, 0.6) is 0 Å². The lowest BCUT2D eigenvalue weighted by Gasteiger charge is -2.19. The molecule has 0 atom stereocenters. The molecular weight excluding hydrogens is 310 g/mol. The predicted molar refractivity (Wildman–Crippen MR) is 85.7 cm³/mol. The first kappa shape index (κ1) is 17.4. The number of nitrogens with zero attached hydrogens (tertiary/aromatic N) is 2. The molecule has 0 bridgehead atoms. The Morgan fingerprint density at radius 1 is 1.38 bits per heavy atom. The molecule has 0 fully saturated rings. The van der Waals surface area contributed by atoms with E-state index in [4.69, 9.17) is 0 Å². The second-order valence-corrected chi connectivity index (χ2v) is 7.28. The number of anilines is 1. The van der Waals surface area contributed by atoms with Crippen molar-refractivity contribution in [2.75, 3.05) is 17.6 Å². The predicted octanol–water partition coefficient (Wildman–Crippen LogP) is 1.85. The third kappa shape index (κ3) is 7.66. The minimum Gasteiger partial charge on any atom is -0.352 e. The van der Waals surface area contributed by atoms with Gasteiger partial charge in [0.05, 0.1) is 5.75 Å². The molecular formula is C12H19N5O2S2. The first-order chi connectivity index (χ1) is 9.80. The minimum absolute atomic E-state index is 0.102. The fourth-order valence-corrected chi connectivity index (χ4v) is 2.73. The van der Waals surface area contributed by atoms with Gasteiger partial charge in [-0.25, -0.2) is 4.79 Å². The summed E-state index contributed by atoms with van der Waals surface area (Å²) in [5, 5.41) is 16.2. The molecule has 1 aromatic rings. The molecule has 1 rings (SSSR count). The Kier molecular flexibility index (Phi) is 6.63. The van der Waals surface area contributed by atoms with Gasteiger partial charge in [-0.1, -0.05) is 29.2 Å². The van der Waals surface area contributed by atoms with Gasteiger partial charge in [0.2, 0.25) is 11.0 Å². The quantitative estimate of drug-likeness (QED) is 0.420. The van der Waals surface area contributed by atoms with E-state index >= 15 is 0 Å². The fourth-order valence-electron chi connectivity index (χ4n) is 1.15. The number of nitrogens with one attached hydrogen (secondary N) is 3. The van der Waals surface area contributed by atoms with E-state index in [0.29, 0.717) is 16.0 Å². The molecule has 1 aromatic heterocycles. The summed E-state index contributed by atoms with van der Waals surface area (Å²) in [5.41, 5.74) is -0.324. The van der Waals surface area contributed by atoms with Crippen LogP contribution >= 0.6 is 23.1 Å². The first-order valence-electron chi connectivity index (χ1n) is 6.23. The van der Waals surface area contributed by atoms with Crippen LogP contribution < -0.4 is 16.0 Å². The van der Waals surface area contributed by atoms with Crippen molar-refractivity contribution >= 4 is 40.2 Å². The zero-order valence-electron chi connectivity index (χ0n) is 12.2. The van der Waals surface area contributed by atoms with Gasteiger partial charge in [-0.15, -0.1) is 16.8 Å². The summed E-state index contributed by atoms with van der Waals surface area (Å²) >= 11 is 2.49. The molecule has 0 spiro atoms. The number of rotatable bonds is 6. The highest BCUT2D eigenvalue weighted by molar-refractivity contribution is 8.01. The maximum Gasteiger partial charge on any atom is 0.321 e. The average Bonchev–Trinajstić information content (AvgIpc) is 2.79. The number of amides is 3. The van der Waals surface area contributed by atoms with Crippen molar-refractivity contribution in [3.63, 3.8) is 0 Å². The smallest absolute Gasteiger partial charge is 0.321 e. The monoisotopic (exact) mass is 329 g/mol. The van der Waals surface area contributed by atoms with Crippen LogP contribution in [0.25, 0.3) is 0 Å². The number of aromatic nitrogens is 2. The van der Waals surface area contributed by atoms with E-state index in [9.17, 15) is 9.59 Å². The van der Waals surface area contributed by atoms with Crippen molar-refractivity contribution in [1.29, 1.82) is 0 Å². The maximum absolute atomic E-state index is 11.7. The van der Waals surface area contributed by atoms with Gasteiger partial charge in [0.1, 0.15) is 0 Å². The van der Waals surface area contributed by atoms with Crippen molar-refractivity contribution in [2.45, 2.75) is 30.6 Å². The Hall–Kier alpha value is -1.61. The molecule has 0 aliphatic carbocycles. The molecule has 0 unspecified atom stereocenters. The van der Waals surface area contributed by atoms with Crippen molar-refractivity contribution in [3.8, 4) is 0 Å². The van der Waals surface area contributed by atoms with Crippen LogP contribution in [0.3, 0.4) is 0 Å². The van der Waals surface area contributed by atoms with E-state index < -0.39 is 0 Å². The average molecular weight is 329 g/mol. The standard InChI is InChI=1S/C12H19N5O2S2/c1-5-6-13-8(18)7-20-11-17-16-10(21-11)14-9(19)15-12(2,3)4/h5H,1,6-7H2,2-4H3,(H,13,18)(H2,14,15,16,19). The molecule has 0 radical (unpaired) electrons. The van der Waals surface area contributed by atoms with Gasteiger partial charge >= 0.3 is 6.03 Å². The van der Waals surface area contributed by atoms with Gasteiger partial charge in [0, 0.05) is 12.1 Å². The van der Waals surface area contributed by atoms with E-state index in [-0.39, 0.29) is 23.2 Å². The lowest BCUT2D eigenvalue weighted by Crippen LogP contribution is -2.43. The van der Waals surface area contributed by atoms with Crippen LogP contribution in [0.15, 0.2) is 17.0 Å². The second-order valence-electron chi connectivity index (χ2n) is 5.08. The Morgan fingerprint density at radius 3 is 2.71 bits per heavy atom. The van der Waals surface area contributed by atoms with Crippen LogP contribution in [0.4, 0.5) is 9.93 Å². The summed E-state index contributed by atoms with van der Waals surface area (Å²) in [6.07, 6.45) is 1.61. The van der Waals surface area contributed by atoms with Crippen molar-refractivity contribution in [1.82, 2.24) is 20.8 Å². The number of urea groups is 1. The van der Waals surface area contributed by atoms with E-state index in [1.54, 1.807) is 6.08 Å². The lowest BCUT2D eigenvalue weighted by atomic mass is 10.1. The van der Waals surface area contributed by atoms with Gasteiger partial charge in [-0.05, 0) is 20.8 Å². The van der Waals surface area contributed by atoms with Gasteiger partial charge in [-0.2, -0.15) is 0 Å². The van der Waals surface area contributed by atoms with Crippen LogP contribution in [-0.4, -0.2) is 40.0 Å². The molecule has 21 heavy (non-hydrogen) atoms. The van der Waals surface area contributed by atoms with Crippen LogP contribution in [0.2, 0.25) is 0 Å². The summed E-state index contributed by atoms with van der Waals surface area (Å²) in [4.78, 5) is 23.1. The van der Waals surface area contributed by atoms with Crippen molar-refractivity contribution in [3.05, 3.63) is 12.7 Å². The molecule has 1 heterocycles. The van der Waals surface area contributed by atoms with Crippen LogP contribution in [-0.2, 0) is 4.79 Å². The Bertz CT molecular complexity index is 510. The summed E-state index contributed by atoms with van der Waals surface area (Å²) < 4.78 is 0.620. The van der Waals surface area contributed by atoms with Gasteiger partial charge in [0.15, 0.2) is 4.34 Å². The van der Waals surface area contributed by atoms with Gasteiger partial charge in [0.25, 0.3) is 0 Å². The molecule has 3 N–H and O–H groups in total. The highest BCUT2D eigenvalue weighted by atomic mass is 32.2. The zero-order chi connectivity index (χ0) is 15.9. The zero-order valence-corrected chi connectivity index (χ0v) is 13.9. The number of carbonyl (C=O) groups excluding carboxylic acids is 2. The molecule has 0 aliphatic rings. The molecule has 0 aromatic carbocycles. The molecule has 0 aliphatic heterocycles. The normalized spacial score (nSPS) is 10.8. The summed E-state index contributed by atoms with van der Waals surface area (Å²) in [6, 6.07) is -0.334. The first-order valence-corrected chi connectivity index (χ1v) is 8.03. The second kappa shape index (κ2) is 7.99. The van der Waals surface area contributed by atoms with Crippen LogP contribution in [0.1, 0.15) is 20.8 Å². The Morgan fingerprint density at radius 2 is 2.10 bits per heavy atom. The largest absolute Gasteiger partial charge is 0.352 e. The molecule has 3 amide bonds. The summed E-state index contributed by atoms with van der Waals surface area (Å²) in [5.74, 6) is 0.145. The highest BCUT2D eigenvalue weighted by Gasteiger charge is 2.15. The molecule has 0 saturated heterocycles. The van der Waals surface area contributed by atoms with E-state index in [2.05, 4.69) is 32.7 Å². The summed E-state index contributed by atoms with van der Waals surface area (Å²) in [6.45, 7) is 9.61. The molecule has 116 valence electrons. The maximum atomic E-state index is 11.7. The van der Waals surface area contributed by atoms with E-state index in [1.807, 2.05) is 20.8 Å². The van der Waals surface area contributed by atoms with Crippen molar-refractivity contribution in [2.24, 2.45) is 0 Å². The van der Waals surface area contributed by atoms with Crippen molar-refractivity contribution < 1.29 is 9.59 Å². The fraction of sp³-hybridized carbons (Fsp3) is 0.500. The number of hydrogen-bond donors (Lipinski definition) is 3.